The number of aromatic nitrogens is 1. The van der Waals surface area contributed by atoms with Gasteiger partial charge in [-0.15, -0.1) is 0 Å². The van der Waals surface area contributed by atoms with Crippen LogP contribution in [0.3, 0.4) is 0 Å². The number of nitrogens with zero attached hydrogens (tertiary/aromatic N) is 1. The van der Waals surface area contributed by atoms with Crippen molar-refractivity contribution in [2.24, 2.45) is 0 Å². The summed E-state index contributed by atoms with van der Waals surface area (Å²) < 4.78 is 1.94. The SMILES string of the molecule is CCn1cc(C(=O)c2ccc(C)cc2)c(=O)c2ccccc21. The van der Waals surface area contributed by atoms with E-state index >= 15 is 0 Å². The highest BCUT2D eigenvalue weighted by Gasteiger charge is 2.16. The zero-order valence-corrected chi connectivity index (χ0v) is 12.7. The van der Waals surface area contributed by atoms with E-state index < -0.39 is 0 Å². The van der Waals surface area contributed by atoms with Gasteiger partial charge in [-0.25, -0.2) is 0 Å². The summed E-state index contributed by atoms with van der Waals surface area (Å²) in [6, 6.07) is 14.7. The van der Waals surface area contributed by atoms with Gasteiger partial charge in [0.25, 0.3) is 0 Å². The third-order valence-electron chi connectivity index (χ3n) is 3.89. The maximum atomic E-state index is 12.7. The number of benzene rings is 2. The van der Waals surface area contributed by atoms with Crippen LogP contribution in [0.2, 0.25) is 0 Å². The van der Waals surface area contributed by atoms with Crippen LogP contribution in [-0.2, 0) is 6.54 Å². The molecule has 0 atom stereocenters. The van der Waals surface area contributed by atoms with Crippen LogP contribution in [0.4, 0.5) is 0 Å². The fourth-order valence-corrected chi connectivity index (χ4v) is 2.63. The molecule has 110 valence electrons. The Morgan fingerprint density at radius 3 is 2.41 bits per heavy atom. The molecule has 3 nitrogen and oxygen atoms in total. The van der Waals surface area contributed by atoms with Gasteiger partial charge >= 0.3 is 0 Å². The van der Waals surface area contributed by atoms with Crippen LogP contribution in [0.5, 0.6) is 0 Å². The van der Waals surface area contributed by atoms with Crippen LogP contribution in [-0.4, -0.2) is 10.4 Å². The van der Waals surface area contributed by atoms with Crippen LogP contribution in [0, 0.1) is 6.92 Å². The predicted octanol–water partition coefficient (Wildman–Crippen LogP) is 3.56. The van der Waals surface area contributed by atoms with E-state index in [1.54, 1.807) is 24.4 Å². The number of ketones is 1. The van der Waals surface area contributed by atoms with Crippen molar-refractivity contribution >= 4 is 16.7 Å². The molecule has 3 aromatic rings. The summed E-state index contributed by atoms with van der Waals surface area (Å²) in [5, 5.41) is 0.585. The van der Waals surface area contributed by atoms with E-state index in [9.17, 15) is 9.59 Å². The molecule has 0 amide bonds. The van der Waals surface area contributed by atoms with Crippen LogP contribution < -0.4 is 5.43 Å². The molecule has 0 radical (unpaired) electrons. The average Bonchev–Trinajstić information content (AvgIpc) is 2.55. The molecule has 3 rings (SSSR count). The van der Waals surface area contributed by atoms with Crippen LogP contribution in [0.15, 0.2) is 59.5 Å². The third kappa shape index (κ3) is 2.35. The third-order valence-corrected chi connectivity index (χ3v) is 3.89. The van der Waals surface area contributed by atoms with E-state index in [1.807, 2.05) is 48.7 Å². The lowest BCUT2D eigenvalue weighted by atomic mass is 10.0. The molecule has 0 saturated heterocycles. The zero-order valence-electron chi connectivity index (χ0n) is 12.7. The number of hydrogen-bond acceptors (Lipinski definition) is 2. The quantitative estimate of drug-likeness (QED) is 0.692. The monoisotopic (exact) mass is 291 g/mol. The van der Waals surface area contributed by atoms with Crippen LogP contribution in [0.1, 0.15) is 28.4 Å². The Morgan fingerprint density at radius 2 is 1.73 bits per heavy atom. The van der Waals surface area contributed by atoms with Crippen molar-refractivity contribution < 1.29 is 4.79 Å². The van der Waals surface area contributed by atoms with Gasteiger partial charge in [-0.3, -0.25) is 9.59 Å². The van der Waals surface area contributed by atoms with E-state index in [4.69, 9.17) is 0 Å². The van der Waals surface area contributed by atoms with Gasteiger partial charge < -0.3 is 4.57 Å². The van der Waals surface area contributed by atoms with Crippen LogP contribution in [0.25, 0.3) is 10.9 Å². The van der Waals surface area contributed by atoms with Crippen LogP contribution >= 0.6 is 0 Å². The Hall–Kier alpha value is -2.68. The summed E-state index contributed by atoms with van der Waals surface area (Å²) in [7, 11) is 0. The van der Waals surface area contributed by atoms with Gasteiger partial charge in [-0.1, -0.05) is 42.0 Å². The molecule has 0 unspecified atom stereocenters. The van der Waals surface area contributed by atoms with Gasteiger partial charge in [0.2, 0.25) is 5.43 Å². The standard InChI is InChI=1S/C19H17NO2/c1-3-20-12-16(18(21)14-10-8-13(2)9-11-14)19(22)15-6-4-5-7-17(15)20/h4-12H,3H2,1-2H3. The largest absolute Gasteiger partial charge is 0.347 e. The highest BCUT2D eigenvalue weighted by Crippen LogP contribution is 2.14. The minimum Gasteiger partial charge on any atom is -0.347 e. The molecule has 1 heterocycles. The molecule has 2 aromatic carbocycles. The molecule has 1 aromatic heterocycles. The lowest BCUT2D eigenvalue weighted by molar-refractivity contribution is 0.103. The highest BCUT2D eigenvalue weighted by molar-refractivity contribution is 6.10. The lowest BCUT2D eigenvalue weighted by Gasteiger charge is -2.11. The first-order chi connectivity index (χ1) is 10.6. The normalized spacial score (nSPS) is 10.8. The Balaban J connectivity index is 2.22. The number of carbonyl (C=O) groups excluding carboxylic acids is 1. The number of pyridine rings is 1. The topological polar surface area (TPSA) is 39.1 Å². The summed E-state index contributed by atoms with van der Waals surface area (Å²) >= 11 is 0. The summed E-state index contributed by atoms with van der Waals surface area (Å²) in [6.45, 7) is 4.67. The van der Waals surface area contributed by atoms with Crippen molar-refractivity contribution in [3.8, 4) is 0 Å². The number of para-hydroxylation sites is 1. The molecule has 0 bridgehead atoms. The van der Waals surface area contributed by atoms with Crippen molar-refractivity contribution in [2.75, 3.05) is 0 Å². The van der Waals surface area contributed by atoms with E-state index in [2.05, 4.69) is 0 Å². The number of carbonyl (C=O) groups is 1. The Morgan fingerprint density at radius 1 is 1.05 bits per heavy atom. The molecule has 0 aliphatic carbocycles. The molecule has 0 spiro atoms. The van der Waals surface area contributed by atoms with Gasteiger partial charge in [-0.2, -0.15) is 0 Å². The number of rotatable bonds is 3. The van der Waals surface area contributed by atoms with E-state index in [0.717, 1.165) is 11.1 Å². The molecule has 0 aliphatic rings. The van der Waals surface area contributed by atoms with Gasteiger partial charge in [-0.05, 0) is 26.0 Å². The van der Waals surface area contributed by atoms with Crippen molar-refractivity contribution in [1.29, 1.82) is 0 Å². The Kier molecular flexibility index (Phi) is 3.63. The summed E-state index contributed by atoms with van der Waals surface area (Å²) in [5.74, 6) is -0.224. The van der Waals surface area contributed by atoms with Crippen molar-refractivity contribution in [1.82, 2.24) is 4.57 Å². The van der Waals surface area contributed by atoms with Gasteiger partial charge in [0.05, 0.1) is 11.1 Å². The van der Waals surface area contributed by atoms with Crippen molar-refractivity contribution in [3.05, 3.63) is 81.6 Å². The molecule has 0 aliphatic heterocycles. The molecular weight excluding hydrogens is 274 g/mol. The minimum absolute atomic E-state index is 0.203. The maximum absolute atomic E-state index is 12.7. The first kappa shape index (κ1) is 14.3. The maximum Gasteiger partial charge on any atom is 0.200 e. The summed E-state index contributed by atoms with van der Waals surface area (Å²) in [4.78, 5) is 25.3. The molecule has 0 saturated carbocycles. The Labute approximate surface area is 128 Å². The second kappa shape index (κ2) is 5.60. The average molecular weight is 291 g/mol. The highest BCUT2D eigenvalue weighted by atomic mass is 16.1. The fraction of sp³-hybridized carbons (Fsp3) is 0.158. The fourth-order valence-electron chi connectivity index (χ4n) is 2.63. The number of aryl methyl sites for hydroxylation is 2. The molecule has 0 fully saturated rings. The van der Waals surface area contributed by atoms with E-state index in [0.29, 0.717) is 17.5 Å². The van der Waals surface area contributed by atoms with E-state index in [1.165, 1.54) is 0 Å². The first-order valence-corrected chi connectivity index (χ1v) is 7.35. The zero-order chi connectivity index (χ0) is 15.7. The van der Waals surface area contributed by atoms with Gasteiger partial charge in [0, 0.05) is 23.7 Å². The molecule has 0 N–H and O–H groups in total. The first-order valence-electron chi connectivity index (χ1n) is 7.35. The second-order valence-corrected chi connectivity index (χ2v) is 5.37. The van der Waals surface area contributed by atoms with Gasteiger partial charge in [0.15, 0.2) is 5.78 Å². The Bertz CT molecular complexity index is 905. The number of fused-ring (bicyclic) bond motifs is 1. The lowest BCUT2D eigenvalue weighted by Crippen LogP contribution is -2.19. The molecular formula is C19H17NO2. The van der Waals surface area contributed by atoms with E-state index in [-0.39, 0.29) is 16.8 Å². The second-order valence-electron chi connectivity index (χ2n) is 5.37. The predicted molar refractivity (Wildman–Crippen MR) is 88.5 cm³/mol. The molecule has 3 heteroatoms. The van der Waals surface area contributed by atoms with Crippen molar-refractivity contribution in [2.45, 2.75) is 20.4 Å². The number of hydrogen-bond donors (Lipinski definition) is 0. The van der Waals surface area contributed by atoms with Crippen molar-refractivity contribution in [3.63, 3.8) is 0 Å². The minimum atomic E-state index is -0.224. The molecule has 22 heavy (non-hydrogen) atoms. The summed E-state index contributed by atoms with van der Waals surface area (Å²) in [5.41, 5.74) is 2.51. The summed E-state index contributed by atoms with van der Waals surface area (Å²) in [6.07, 6.45) is 1.67. The smallest absolute Gasteiger partial charge is 0.200 e. The van der Waals surface area contributed by atoms with Gasteiger partial charge in [0.1, 0.15) is 0 Å².